The summed E-state index contributed by atoms with van der Waals surface area (Å²) in [6, 6.07) is 13.1. The number of aromatic nitrogens is 2. The Hall–Kier alpha value is -3.44. The highest BCUT2D eigenvalue weighted by Gasteiger charge is 2.32. The fraction of sp³-hybridized carbons (Fsp3) is 0.261. The third-order valence-electron chi connectivity index (χ3n) is 5.29. The maximum absolute atomic E-state index is 13.1. The lowest BCUT2D eigenvalue weighted by Gasteiger charge is -2.18. The number of piperidine rings is 1. The lowest BCUT2D eigenvalue weighted by atomic mass is 10.2. The second-order valence-corrected chi connectivity index (χ2v) is 9.61. The van der Waals surface area contributed by atoms with Gasteiger partial charge in [0.25, 0.3) is 12.1 Å². The third-order valence-corrected chi connectivity index (χ3v) is 7.03. The van der Waals surface area contributed by atoms with Crippen LogP contribution in [0.5, 0.6) is 0 Å². The molecule has 1 amide bonds. The van der Waals surface area contributed by atoms with Gasteiger partial charge in [0.1, 0.15) is 5.70 Å². The molecule has 0 unspecified atom stereocenters. The van der Waals surface area contributed by atoms with Crippen molar-refractivity contribution in [1.29, 1.82) is 0 Å². The van der Waals surface area contributed by atoms with E-state index in [0.29, 0.717) is 16.6 Å². The first kappa shape index (κ1) is 22.4. The Bertz CT molecular complexity index is 1230. The topological polar surface area (TPSA) is 101 Å². The van der Waals surface area contributed by atoms with Gasteiger partial charge in [-0.3, -0.25) is 14.2 Å². The molecule has 0 N–H and O–H groups in total. The number of hydrogen-bond acceptors (Lipinski definition) is 9. The number of para-hydroxylation sites is 1. The summed E-state index contributed by atoms with van der Waals surface area (Å²) in [6.45, 7) is 1.79. The Balaban J connectivity index is 1.32. The van der Waals surface area contributed by atoms with Gasteiger partial charge < -0.3 is 5.11 Å². The van der Waals surface area contributed by atoms with Crippen molar-refractivity contribution in [2.24, 2.45) is 9.98 Å². The van der Waals surface area contributed by atoms with Crippen molar-refractivity contribution in [3.8, 4) is 0 Å². The predicted octanol–water partition coefficient (Wildman–Crippen LogP) is 2.71. The standard InChI is InChI=1S/C23H22N6O3S2/c30-20(25-21-15-28(26-32-21)27-11-5-2-6-12-27)16-34-23-24-19(14-18-10-7-13-33-18)22(31)29(23)17-8-3-1-4-9-17/h1,3-4,7-10,13-15H,2,5-6,11-12,16H2/b19-14+. The summed E-state index contributed by atoms with van der Waals surface area (Å²) in [4.78, 5) is 25.7. The van der Waals surface area contributed by atoms with Crippen molar-refractivity contribution in [2.75, 3.05) is 28.8 Å². The van der Waals surface area contributed by atoms with Gasteiger partial charge in [0.05, 0.1) is 23.6 Å². The number of amidine groups is 1. The minimum absolute atomic E-state index is 0.00609. The van der Waals surface area contributed by atoms with E-state index in [9.17, 15) is 9.90 Å². The maximum atomic E-state index is 13.1. The number of hydrogen-bond donors (Lipinski definition) is 0. The zero-order valence-electron chi connectivity index (χ0n) is 18.2. The van der Waals surface area contributed by atoms with E-state index >= 15 is 0 Å². The number of rotatable bonds is 6. The normalized spacial score (nSPS) is 18.1. The molecular weight excluding hydrogens is 472 g/mol. The zero-order valence-corrected chi connectivity index (χ0v) is 19.9. The minimum Gasteiger partial charge on any atom is -0.861 e. The van der Waals surface area contributed by atoms with Crippen molar-refractivity contribution in [1.82, 2.24) is 5.27 Å². The van der Waals surface area contributed by atoms with Gasteiger partial charge in [-0.1, -0.05) is 36.0 Å². The van der Waals surface area contributed by atoms with Gasteiger partial charge in [-0.25, -0.2) is 9.98 Å². The fourth-order valence-electron chi connectivity index (χ4n) is 3.68. The van der Waals surface area contributed by atoms with Crippen LogP contribution in [-0.4, -0.2) is 41.1 Å². The molecule has 1 saturated heterocycles. The average Bonchev–Trinajstić information content (AvgIpc) is 3.61. The van der Waals surface area contributed by atoms with Crippen LogP contribution in [0.2, 0.25) is 0 Å². The van der Waals surface area contributed by atoms with Crippen LogP contribution in [0.25, 0.3) is 6.08 Å². The third kappa shape index (κ3) is 5.05. The van der Waals surface area contributed by atoms with E-state index in [4.69, 9.17) is 4.52 Å². The van der Waals surface area contributed by atoms with Gasteiger partial charge in [0.2, 0.25) is 5.27 Å². The number of amides is 1. The van der Waals surface area contributed by atoms with Gasteiger partial charge in [0, 0.05) is 10.6 Å². The van der Waals surface area contributed by atoms with Crippen molar-refractivity contribution in [3.63, 3.8) is 0 Å². The molecule has 0 spiro atoms. The smallest absolute Gasteiger partial charge is 0.324 e. The van der Waals surface area contributed by atoms with E-state index in [-0.39, 0.29) is 17.5 Å². The van der Waals surface area contributed by atoms with Gasteiger partial charge >= 0.3 is 5.88 Å². The molecular formula is C23H22N6O3S2. The van der Waals surface area contributed by atoms with E-state index < -0.39 is 5.90 Å². The molecule has 4 heterocycles. The lowest BCUT2D eigenvalue weighted by Crippen LogP contribution is -2.60. The number of thiophene rings is 1. The minimum atomic E-state index is -0.397. The van der Waals surface area contributed by atoms with Gasteiger partial charge in [-0.15, -0.1) is 11.3 Å². The van der Waals surface area contributed by atoms with Crippen LogP contribution in [0.1, 0.15) is 24.1 Å². The Morgan fingerprint density at radius 3 is 2.79 bits per heavy atom. The molecule has 2 aromatic heterocycles. The molecule has 34 heavy (non-hydrogen) atoms. The fourth-order valence-corrected chi connectivity index (χ4v) is 5.13. The molecule has 2 aliphatic heterocycles. The molecule has 1 aromatic carbocycles. The molecule has 174 valence electrons. The predicted molar refractivity (Wildman–Crippen MR) is 132 cm³/mol. The first-order chi connectivity index (χ1) is 16.7. The van der Waals surface area contributed by atoms with Gasteiger partial charge in [-0.05, 0) is 54.8 Å². The zero-order chi connectivity index (χ0) is 23.3. The number of carbonyl (C=O) groups excluding carboxylic acids is 1. The monoisotopic (exact) mass is 494 g/mol. The first-order valence-electron chi connectivity index (χ1n) is 10.9. The van der Waals surface area contributed by atoms with Crippen LogP contribution in [0.3, 0.4) is 0 Å². The lowest BCUT2D eigenvalue weighted by molar-refractivity contribution is -0.759. The average molecular weight is 495 g/mol. The number of anilines is 1. The van der Waals surface area contributed by atoms with Crippen LogP contribution < -0.4 is 19.8 Å². The number of benzene rings is 1. The summed E-state index contributed by atoms with van der Waals surface area (Å²) in [5.41, 5.74) is 1.02. The number of thioether (sulfide) groups is 1. The Kier molecular flexibility index (Phi) is 6.72. The molecule has 0 saturated carbocycles. The number of carbonyl (C=O) groups is 1. The van der Waals surface area contributed by atoms with Crippen LogP contribution >= 0.6 is 23.1 Å². The first-order valence-corrected chi connectivity index (χ1v) is 12.8. The molecule has 1 fully saturated rings. The molecule has 11 heteroatoms. The highest BCUT2D eigenvalue weighted by atomic mass is 32.2. The maximum Gasteiger partial charge on any atom is 0.324 e. The van der Waals surface area contributed by atoms with Crippen molar-refractivity contribution in [3.05, 3.63) is 64.6 Å². The summed E-state index contributed by atoms with van der Waals surface area (Å²) in [6.07, 6.45) is 6.78. The number of aliphatic imine (C=N–C) groups is 2. The summed E-state index contributed by atoms with van der Waals surface area (Å²) >= 11 is 2.69. The van der Waals surface area contributed by atoms with Gasteiger partial charge in [0.15, 0.2) is 5.17 Å². The largest absolute Gasteiger partial charge is 0.861 e. The van der Waals surface area contributed by atoms with E-state index in [0.717, 1.165) is 42.6 Å². The van der Waals surface area contributed by atoms with E-state index in [1.54, 1.807) is 17.1 Å². The molecule has 0 radical (unpaired) electrons. The molecule has 2 aliphatic rings. The summed E-state index contributed by atoms with van der Waals surface area (Å²) in [7, 11) is 0. The van der Waals surface area contributed by atoms with E-state index in [2.05, 4.69) is 20.3 Å². The highest BCUT2D eigenvalue weighted by Crippen LogP contribution is 2.30. The van der Waals surface area contributed by atoms with Crippen LogP contribution in [-0.2, 0) is 4.79 Å². The SMILES string of the molecule is O=C1/C(=C\c2cccs2)N=C(SC/C([O-])=N\c2c[n+](N3CCCCC3)no2)N1c1ccccc1. The van der Waals surface area contributed by atoms with Crippen LogP contribution in [0.15, 0.2) is 74.2 Å². The Morgan fingerprint density at radius 2 is 2.03 bits per heavy atom. The Morgan fingerprint density at radius 1 is 1.21 bits per heavy atom. The summed E-state index contributed by atoms with van der Waals surface area (Å²) in [5.74, 6) is -0.472. The summed E-state index contributed by atoms with van der Waals surface area (Å²) < 4.78 is 5.22. The second kappa shape index (κ2) is 10.2. The molecule has 3 aromatic rings. The number of nitrogens with zero attached hydrogens (tertiary/aromatic N) is 6. The Labute approximate surface area is 204 Å². The van der Waals surface area contributed by atoms with Crippen LogP contribution in [0, 0.1) is 0 Å². The van der Waals surface area contributed by atoms with E-state index in [1.807, 2.05) is 47.8 Å². The second-order valence-electron chi connectivity index (χ2n) is 7.68. The molecule has 9 nitrogen and oxygen atoms in total. The van der Waals surface area contributed by atoms with Crippen LogP contribution in [0.4, 0.5) is 11.6 Å². The van der Waals surface area contributed by atoms with E-state index in [1.165, 1.54) is 22.7 Å². The van der Waals surface area contributed by atoms with Crippen molar-refractivity contribution < 1.29 is 19.2 Å². The van der Waals surface area contributed by atoms with Crippen molar-refractivity contribution >= 4 is 57.7 Å². The quantitative estimate of drug-likeness (QED) is 0.226. The van der Waals surface area contributed by atoms with Gasteiger partial charge in [-0.2, -0.15) is 5.01 Å². The highest BCUT2D eigenvalue weighted by molar-refractivity contribution is 8.14. The molecule has 0 aliphatic carbocycles. The summed E-state index contributed by atoms with van der Waals surface area (Å²) in [5, 5.41) is 21.0. The van der Waals surface area contributed by atoms with Crippen molar-refractivity contribution in [2.45, 2.75) is 19.3 Å². The molecule has 0 atom stereocenters. The molecule has 0 bridgehead atoms. The molecule has 5 rings (SSSR count).